The van der Waals surface area contributed by atoms with E-state index in [0.717, 1.165) is 27.6 Å². The van der Waals surface area contributed by atoms with Crippen LogP contribution >= 0.6 is 0 Å². The summed E-state index contributed by atoms with van der Waals surface area (Å²) in [6, 6.07) is 17.7. The van der Waals surface area contributed by atoms with Crippen LogP contribution in [0.3, 0.4) is 0 Å². The molecule has 3 aromatic carbocycles. The molecule has 30 heavy (non-hydrogen) atoms. The average molecular weight is 409 g/mol. The maximum absolute atomic E-state index is 12.9. The van der Waals surface area contributed by atoms with Gasteiger partial charge in [-0.15, -0.1) is 0 Å². The van der Waals surface area contributed by atoms with E-state index in [0.29, 0.717) is 13.0 Å². The van der Waals surface area contributed by atoms with Gasteiger partial charge in [0.1, 0.15) is 11.6 Å². The van der Waals surface area contributed by atoms with Crippen LogP contribution in [0.5, 0.6) is 5.75 Å². The van der Waals surface area contributed by atoms with Gasteiger partial charge in [-0.05, 0) is 58.7 Å². The number of ether oxygens (including phenoxy) is 2. The number of benzene rings is 3. The van der Waals surface area contributed by atoms with E-state index in [4.69, 9.17) is 9.47 Å². The largest absolute Gasteiger partial charge is 0.497 e. The highest BCUT2D eigenvalue weighted by atomic mass is 19.1. The Morgan fingerprint density at radius 3 is 2.33 bits per heavy atom. The molecule has 0 spiro atoms. The van der Waals surface area contributed by atoms with Gasteiger partial charge in [0.05, 0.1) is 7.11 Å². The lowest BCUT2D eigenvalue weighted by atomic mass is 10.1. The molecule has 0 aliphatic carbocycles. The summed E-state index contributed by atoms with van der Waals surface area (Å²) in [5.41, 5.74) is 1.82. The highest BCUT2D eigenvalue weighted by molar-refractivity contribution is 5.85. The summed E-state index contributed by atoms with van der Waals surface area (Å²) >= 11 is 0. The SMILES string of the molecule is COc1ccc2cc(CN(C)C(=O)COC(=O)CCc3ccc(F)cc3)ccc2c1. The molecule has 0 saturated heterocycles. The lowest BCUT2D eigenvalue weighted by molar-refractivity contribution is -0.151. The zero-order valence-corrected chi connectivity index (χ0v) is 17.1. The van der Waals surface area contributed by atoms with E-state index in [9.17, 15) is 14.0 Å². The smallest absolute Gasteiger partial charge is 0.306 e. The van der Waals surface area contributed by atoms with Crippen molar-refractivity contribution >= 4 is 22.6 Å². The predicted octanol–water partition coefficient (Wildman–Crippen LogP) is 4.12. The molecule has 156 valence electrons. The summed E-state index contributed by atoms with van der Waals surface area (Å²) in [5.74, 6) is -0.259. The number of likely N-dealkylation sites (N-methyl/N-ethyl adjacent to an activating group) is 1. The van der Waals surface area contributed by atoms with Crippen molar-refractivity contribution < 1.29 is 23.5 Å². The number of amides is 1. The van der Waals surface area contributed by atoms with Gasteiger partial charge < -0.3 is 14.4 Å². The van der Waals surface area contributed by atoms with E-state index in [2.05, 4.69) is 0 Å². The number of hydrogen-bond acceptors (Lipinski definition) is 4. The number of hydrogen-bond donors (Lipinski definition) is 0. The Labute approximate surface area is 175 Å². The van der Waals surface area contributed by atoms with E-state index in [1.165, 1.54) is 17.0 Å². The van der Waals surface area contributed by atoms with E-state index in [-0.39, 0.29) is 24.8 Å². The molecule has 0 radical (unpaired) electrons. The Bertz CT molecular complexity index is 1030. The molecule has 3 aromatic rings. The Morgan fingerprint density at radius 1 is 0.933 bits per heavy atom. The summed E-state index contributed by atoms with van der Waals surface area (Å²) in [5, 5.41) is 2.11. The summed E-state index contributed by atoms with van der Waals surface area (Å²) in [7, 11) is 3.30. The first-order valence-corrected chi connectivity index (χ1v) is 9.65. The van der Waals surface area contributed by atoms with Crippen LogP contribution in [-0.2, 0) is 27.3 Å². The maximum atomic E-state index is 12.9. The van der Waals surface area contributed by atoms with Gasteiger partial charge in [0.2, 0.25) is 0 Å². The predicted molar refractivity (Wildman–Crippen MR) is 113 cm³/mol. The molecule has 0 bridgehead atoms. The maximum Gasteiger partial charge on any atom is 0.306 e. The van der Waals surface area contributed by atoms with Crippen LogP contribution in [0.25, 0.3) is 10.8 Å². The van der Waals surface area contributed by atoms with Crippen LogP contribution < -0.4 is 4.74 Å². The minimum absolute atomic E-state index is 0.136. The molecule has 0 saturated carbocycles. The summed E-state index contributed by atoms with van der Waals surface area (Å²) in [4.78, 5) is 25.7. The fourth-order valence-corrected chi connectivity index (χ4v) is 3.08. The Kier molecular flexibility index (Phi) is 7.01. The molecule has 1 amide bonds. The van der Waals surface area contributed by atoms with Gasteiger partial charge >= 0.3 is 5.97 Å². The fraction of sp³-hybridized carbons (Fsp3) is 0.250. The second-order valence-corrected chi connectivity index (χ2v) is 7.08. The lowest BCUT2D eigenvalue weighted by Crippen LogP contribution is -2.30. The van der Waals surface area contributed by atoms with Crippen LogP contribution in [0.4, 0.5) is 4.39 Å². The minimum Gasteiger partial charge on any atom is -0.497 e. The number of halogens is 1. The number of aryl methyl sites for hydroxylation is 1. The topological polar surface area (TPSA) is 55.8 Å². The third-order valence-corrected chi connectivity index (χ3v) is 4.85. The van der Waals surface area contributed by atoms with Crippen molar-refractivity contribution in [1.29, 1.82) is 0 Å². The van der Waals surface area contributed by atoms with Crippen molar-refractivity contribution in [3.63, 3.8) is 0 Å². The lowest BCUT2D eigenvalue weighted by Gasteiger charge is -2.17. The highest BCUT2D eigenvalue weighted by Crippen LogP contribution is 2.22. The number of carbonyl (C=O) groups excluding carboxylic acids is 2. The Balaban J connectivity index is 1.47. The van der Waals surface area contributed by atoms with E-state index < -0.39 is 5.97 Å². The summed E-state index contributed by atoms with van der Waals surface area (Å²) in [6.07, 6.45) is 0.571. The number of nitrogens with zero attached hydrogens (tertiary/aromatic N) is 1. The van der Waals surface area contributed by atoms with E-state index in [1.54, 1.807) is 26.3 Å². The van der Waals surface area contributed by atoms with Crippen LogP contribution in [0.15, 0.2) is 60.7 Å². The molecule has 0 N–H and O–H groups in total. The molecular formula is C24H24FNO4. The molecule has 0 fully saturated rings. The van der Waals surface area contributed by atoms with Gasteiger partial charge in [-0.3, -0.25) is 9.59 Å². The second kappa shape index (κ2) is 9.87. The van der Waals surface area contributed by atoms with Crippen LogP contribution in [0.2, 0.25) is 0 Å². The molecule has 0 atom stereocenters. The summed E-state index contributed by atoms with van der Waals surface area (Å²) in [6.45, 7) is 0.109. The third-order valence-electron chi connectivity index (χ3n) is 4.85. The zero-order valence-electron chi connectivity index (χ0n) is 17.1. The number of rotatable bonds is 8. The van der Waals surface area contributed by atoms with Crippen molar-refractivity contribution in [3.05, 3.63) is 77.6 Å². The van der Waals surface area contributed by atoms with Gasteiger partial charge in [-0.2, -0.15) is 0 Å². The molecule has 3 rings (SSSR count). The third kappa shape index (κ3) is 5.80. The number of methoxy groups -OCH3 is 1. The minimum atomic E-state index is -0.458. The molecule has 0 aliphatic rings. The van der Waals surface area contributed by atoms with Gasteiger partial charge in [-0.25, -0.2) is 4.39 Å². The molecular weight excluding hydrogens is 385 g/mol. The number of fused-ring (bicyclic) bond motifs is 1. The Hall–Kier alpha value is -3.41. The monoisotopic (exact) mass is 409 g/mol. The molecule has 5 nitrogen and oxygen atoms in total. The van der Waals surface area contributed by atoms with Crippen molar-refractivity contribution in [2.45, 2.75) is 19.4 Å². The van der Waals surface area contributed by atoms with Gasteiger partial charge in [0.15, 0.2) is 6.61 Å². The average Bonchev–Trinajstić information content (AvgIpc) is 2.76. The van der Waals surface area contributed by atoms with Crippen LogP contribution in [0.1, 0.15) is 17.5 Å². The van der Waals surface area contributed by atoms with Gasteiger partial charge in [-0.1, -0.05) is 30.3 Å². The van der Waals surface area contributed by atoms with Gasteiger partial charge in [0, 0.05) is 20.0 Å². The van der Waals surface area contributed by atoms with Gasteiger partial charge in [0.25, 0.3) is 5.91 Å². The van der Waals surface area contributed by atoms with E-state index >= 15 is 0 Å². The summed E-state index contributed by atoms with van der Waals surface area (Å²) < 4.78 is 23.2. The van der Waals surface area contributed by atoms with Crippen molar-refractivity contribution in [3.8, 4) is 5.75 Å². The fourth-order valence-electron chi connectivity index (χ4n) is 3.08. The van der Waals surface area contributed by atoms with Crippen molar-refractivity contribution in [2.75, 3.05) is 20.8 Å². The Morgan fingerprint density at radius 2 is 1.60 bits per heavy atom. The molecule has 6 heteroatoms. The first-order valence-electron chi connectivity index (χ1n) is 9.65. The first kappa shape index (κ1) is 21.3. The molecule has 0 heterocycles. The number of esters is 1. The molecule has 0 unspecified atom stereocenters. The van der Waals surface area contributed by atoms with Crippen molar-refractivity contribution in [1.82, 2.24) is 4.90 Å². The van der Waals surface area contributed by atoms with Crippen LogP contribution in [-0.4, -0.2) is 37.5 Å². The number of carbonyl (C=O) groups is 2. The molecule has 0 aromatic heterocycles. The highest BCUT2D eigenvalue weighted by Gasteiger charge is 2.13. The standard InChI is InChI=1S/C24H24FNO4/c1-26(15-18-3-7-20-14-22(29-2)11-8-19(20)13-18)23(27)16-30-24(28)12-6-17-4-9-21(25)10-5-17/h3-5,7-11,13-14H,6,12,15-16H2,1-2H3. The normalized spacial score (nSPS) is 10.6. The first-order chi connectivity index (χ1) is 14.4. The quantitative estimate of drug-likeness (QED) is 0.525. The second-order valence-electron chi connectivity index (χ2n) is 7.08. The molecule has 0 aliphatic heterocycles. The van der Waals surface area contributed by atoms with Crippen LogP contribution in [0, 0.1) is 5.82 Å². The van der Waals surface area contributed by atoms with Crippen molar-refractivity contribution in [2.24, 2.45) is 0 Å². The van der Waals surface area contributed by atoms with E-state index in [1.807, 2.05) is 36.4 Å². The zero-order chi connectivity index (χ0) is 21.5.